The maximum atomic E-state index is 11.8. The van der Waals surface area contributed by atoms with Crippen molar-refractivity contribution in [3.8, 4) is 0 Å². The van der Waals surface area contributed by atoms with E-state index in [0.29, 0.717) is 0 Å². The molecule has 0 aliphatic carbocycles. The van der Waals surface area contributed by atoms with E-state index >= 15 is 0 Å². The van der Waals surface area contributed by atoms with Crippen LogP contribution in [0.3, 0.4) is 0 Å². The number of benzene rings is 2. The second-order valence-electron chi connectivity index (χ2n) is 5.18. The molecule has 98 valence electrons. The van der Waals surface area contributed by atoms with Crippen molar-refractivity contribution in [2.24, 2.45) is 5.92 Å². The van der Waals surface area contributed by atoms with Crippen LogP contribution in [0.15, 0.2) is 30.3 Å². The van der Waals surface area contributed by atoms with Crippen molar-refractivity contribution in [2.75, 3.05) is 18.4 Å². The van der Waals surface area contributed by atoms with Crippen LogP contribution in [0, 0.1) is 5.92 Å². The van der Waals surface area contributed by atoms with Crippen LogP contribution in [0.25, 0.3) is 10.8 Å². The molecule has 2 aromatic rings. The molecule has 2 heterocycles. The highest BCUT2D eigenvalue weighted by molar-refractivity contribution is 6.24. The Morgan fingerprint density at radius 3 is 2.74 bits per heavy atom. The monoisotopic (exact) mass is 274 g/mol. The predicted octanol–water partition coefficient (Wildman–Crippen LogP) is 2.59. The Labute approximate surface area is 117 Å². The first-order valence-corrected chi connectivity index (χ1v) is 6.39. The standard InChI is InChI=1S/C15H14N2O.ClH/c18-15-12-5-4-10(6-9-7-16-8-9)11-2-1-3-13(17-15)14(11)12;/h1-5,9,16H,6-8H2,(H,17,18);1H. The molecule has 0 unspecified atom stereocenters. The number of hydrogen-bond acceptors (Lipinski definition) is 2. The summed E-state index contributed by atoms with van der Waals surface area (Å²) in [5.74, 6) is 0.769. The third-order valence-electron chi connectivity index (χ3n) is 4.00. The molecule has 1 amide bonds. The molecular weight excluding hydrogens is 260 g/mol. The zero-order valence-electron chi connectivity index (χ0n) is 10.4. The summed E-state index contributed by atoms with van der Waals surface area (Å²) in [5.41, 5.74) is 3.13. The second-order valence-corrected chi connectivity index (χ2v) is 5.18. The fourth-order valence-electron chi connectivity index (χ4n) is 2.93. The molecule has 0 radical (unpaired) electrons. The Morgan fingerprint density at radius 1 is 1.16 bits per heavy atom. The maximum absolute atomic E-state index is 11.8. The lowest BCUT2D eigenvalue weighted by molar-refractivity contribution is 0.103. The summed E-state index contributed by atoms with van der Waals surface area (Å²) in [6.07, 6.45) is 1.10. The average Bonchev–Trinajstić information content (AvgIpc) is 2.65. The summed E-state index contributed by atoms with van der Waals surface area (Å²) in [6, 6.07) is 10.2. The number of anilines is 1. The SMILES string of the molecule is Cl.O=C1Nc2cccc3c(CC4CNC4)ccc1c23. The largest absolute Gasteiger partial charge is 0.321 e. The molecule has 2 N–H and O–H groups in total. The van der Waals surface area contributed by atoms with Crippen LogP contribution in [-0.4, -0.2) is 19.0 Å². The minimum absolute atomic E-state index is 0. The van der Waals surface area contributed by atoms with Gasteiger partial charge in [0.2, 0.25) is 0 Å². The van der Waals surface area contributed by atoms with E-state index in [-0.39, 0.29) is 18.3 Å². The van der Waals surface area contributed by atoms with Gasteiger partial charge in [0.15, 0.2) is 0 Å². The third-order valence-corrected chi connectivity index (χ3v) is 4.00. The van der Waals surface area contributed by atoms with Crippen molar-refractivity contribution in [3.05, 3.63) is 41.5 Å². The summed E-state index contributed by atoms with van der Waals surface area (Å²) in [4.78, 5) is 11.8. The number of halogens is 1. The molecule has 2 aliphatic rings. The van der Waals surface area contributed by atoms with Crippen molar-refractivity contribution in [3.63, 3.8) is 0 Å². The van der Waals surface area contributed by atoms with Gasteiger partial charge in [-0.05, 0) is 48.5 Å². The molecule has 1 fully saturated rings. The van der Waals surface area contributed by atoms with Crippen LogP contribution >= 0.6 is 12.4 Å². The van der Waals surface area contributed by atoms with Gasteiger partial charge in [0.1, 0.15) is 0 Å². The van der Waals surface area contributed by atoms with Gasteiger partial charge in [-0.25, -0.2) is 0 Å². The summed E-state index contributed by atoms with van der Waals surface area (Å²) in [6.45, 7) is 2.22. The second kappa shape index (κ2) is 4.51. The van der Waals surface area contributed by atoms with Crippen molar-refractivity contribution < 1.29 is 4.79 Å². The molecule has 0 spiro atoms. The van der Waals surface area contributed by atoms with Crippen molar-refractivity contribution in [1.29, 1.82) is 0 Å². The average molecular weight is 275 g/mol. The van der Waals surface area contributed by atoms with E-state index in [1.807, 2.05) is 18.2 Å². The lowest BCUT2D eigenvalue weighted by Gasteiger charge is -2.27. The number of nitrogens with one attached hydrogen (secondary N) is 2. The fourth-order valence-corrected chi connectivity index (χ4v) is 2.93. The number of hydrogen-bond donors (Lipinski definition) is 2. The summed E-state index contributed by atoms with van der Waals surface area (Å²) < 4.78 is 0. The summed E-state index contributed by atoms with van der Waals surface area (Å²) >= 11 is 0. The Morgan fingerprint density at radius 2 is 2.00 bits per heavy atom. The first-order chi connectivity index (χ1) is 8.83. The van der Waals surface area contributed by atoms with Gasteiger partial charge in [0, 0.05) is 16.6 Å². The first-order valence-electron chi connectivity index (χ1n) is 6.39. The molecule has 0 saturated carbocycles. The zero-order valence-corrected chi connectivity index (χ0v) is 11.2. The highest BCUT2D eigenvalue weighted by Gasteiger charge is 2.24. The van der Waals surface area contributed by atoms with Gasteiger partial charge >= 0.3 is 0 Å². The minimum atomic E-state index is 0. The van der Waals surface area contributed by atoms with Crippen LogP contribution in [0.1, 0.15) is 15.9 Å². The van der Waals surface area contributed by atoms with E-state index in [4.69, 9.17) is 0 Å². The van der Waals surface area contributed by atoms with E-state index in [9.17, 15) is 4.79 Å². The Bertz CT molecular complexity index is 664. The Kier molecular flexibility index (Phi) is 2.96. The lowest BCUT2D eigenvalue weighted by Crippen LogP contribution is -2.43. The minimum Gasteiger partial charge on any atom is -0.321 e. The first kappa shape index (κ1) is 12.5. The molecule has 2 aliphatic heterocycles. The smallest absolute Gasteiger partial charge is 0.256 e. The molecule has 0 atom stereocenters. The van der Waals surface area contributed by atoms with Crippen LogP contribution < -0.4 is 10.6 Å². The van der Waals surface area contributed by atoms with Gasteiger partial charge in [0.25, 0.3) is 5.91 Å². The quantitative estimate of drug-likeness (QED) is 0.884. The summed E-state index contributed by atoms with van der Waals surface area (Å²) in [7, 11) is 0. The number of carbonyl (C=O) groups excluding carboxylic acids is 1. The molecule has 4 rings (SSSR count). The van der Waals surface area contributed by atoms with E-state index in [2.05, 4.69) is 22.8 Å². The van der Waals surface area contributed by atoms with Gasteiger partial charge in [-0.3, -0.25) is 4.79 Å². The molecular formula is C15H15ClN2O. The highest BCUT2D eigenvalue weighted by atomic mass is 35.5. The van der Waals surface area contributed by atoms with E-state index in [1.165, 1.54) is 10.9 Å². The van der Waals surface area contributed by atoms with Gasteiger partial charge < -0.3 is 10.6 Å². The van der Waals surface area contributed by atoms with E-state index < -0.39 is 0 Å². The molecule has 2 aromatic carbocycles. The third kappa shape index (κ3) is 1.81. The number of amides is 1. The van der Waals surface area contributed by atoms with Crippen molar-refractivity contribution >= 4 is 34.8 Å². The lowest BCUT2D eigenvalue weighted by atomic mass is 9.90. The predicted molar refractivity (Wildman–Crippen MR) is 79.2 cm³/mol. The Hall–Kier alpha value is -1.58. The maximum Gasteiger partial charge on any atom is 0.256 e. The van der Waals surface area contributed by atoms with Crippen LogP contribution in [-0.2, 0) is 6.42 Å². The fraction of sp³-hybridized carbons (Fsp3) is 0.267. The van der Waals surface area contributed by atoms with Crippen molar-refractivity contribution in [2.45, 2.75) is 6.42 Å². The van der Waals surface area contributed by atoms with Crippen molar-refractivity contribution in [1.82, 2.24) is 5.32 Å². The van der Waals surface area contributed by atoms with Gasteiger partial charge in [-0.1, -0.05) is 18.2 Å². The van der Waals surface area contributed by atoms with Crippen LogP contribution in [0.4, 0.5) is 5.69 Å². The molecule has 0 aromatic heterocycles. The summed E-state index contributed by atoms with van der Waals surface area (Å²) in [5, 5.41) is 8.57. The molecule has 3 nitrogen and oxygen atoms in total. The number of rotatable bonds is 2. The highest BCUT2D eigenvalue weighted by Crippen LogP contribution is 2.35. The normalized spacial score (nSPS) is 16.9. The van der Waals surface area contributed by atoms with Gasteiger partial charge in [-0.2, -0.15) is 0 Å². The van der Waals surface area contributed by atoms with Crippen LogP contribution in [0.5, 0.6) is 0 Å². The van der Waals surface area contributed by atoms with Gasteiger partial charge in [-0.15, -0.1) is 12.4 Å². The topological polar surface area (TPSA) is 41.1 Å². The van der Waals surface area contributed by atoms with E-state index in [0.717, 1.165) is 42.1 Å². The number of carbonyl (C=O) groups is 1. The molecule has 19 heavy (non-hydrogen) atoms. The van der Waals surface area contributed by atoms with E-state index in [1.54, 1.807) is 0 Å². The van der Waals surface area contributed by atoms with Crippen LogP contribution in [0.2, 0.25) is 0 Å². The van der Waals surface area contributed by atoms with Gasteiger partial charge in [0.05, 0.1) is 0 Å². The molecule has 4 heteroatoms. The zero-order chi connectivity index (χ0) is 12.1. The molecule has 1 saturated heterocycles. The molecule has 0 bridgehead atoms. The Balaban J connectivity index is 0.00000110.